The zero-order valence-corrected chi connectivity index (χ0v) is 15.1. The summed E-state index contributed by atoms with van der Waals surface area (Å²) in [6.07, 6.45) is 1.99. The molecule has 0 saturated heterocycles. The molecule has 3 rings (SSSR count). The monoisotopic (exact) mass is 369 g/mol. The molecule has 122 valence electrons. The molecule has 23 heavy (non-hydrogen) atoms. The minimum atomic E-state index is 0.163. The van der Waals surface area contributed by atoms with Crippen LogP contribution in [0.15, 0.2) is 30.3 Å². The lowest BCUT2D eigenvalue weighted by atomic mass is 10.1. The molecule has 0 aliphatic carbocycles. The molecule has 1 aliphatic rings. The third-order valence-corrected chi connectivity index (χ3v) is 5.52. The van der Waals surface area contributed by atoms with Gasteiger partial charge in [-0.15, -0.1) is 0 Å². The van der Waals surface area contributed by atoms with Crippen molar-refractivity contribution in [1.82, 2.24) is 4.90 Å². The molecule has 2 aromatic carbocycles. The molecule has 0 amide bonds. The van der Waals surface area contributed by atoms with Gasteiger partial charge in [0.15, 0.2) is 0 Å². The van der Waals surface area contributed by atoms with E-state index in [1.54, 1.807) is 6.07 Å². The average Bonchev–Trinajstić information content (AvgIpc) is 2.91. The van der Waals surface area contributed by atoms with Crippen LogP contribution in [0.5, 0.6) is 5.75 Å². The van der Waals surface area contributed by atoms with E-state index < -0.39 is 0 Å². The van der Waals surface area contributed by atoms with E-state index in [4.69, 9.17) is 34.8 Å². The number of phenolic OH excluding ortho intramolecular Hbond substituents is 1. The molecule has 0 aromatic heterocycles. The largest absolute Gasteiger partial charge is 0.506 e. The first-order valence-corrected chi connectivity index (χ1v) is 8.75. The van der Waals surface area contributed by atoms with Crippen LogP contribution in [0.25, 0.3) is 0 Å². The zero-order valence-electron chi connectivity index (χ0n) is 12.8. The lowest BCUT2D eigenvalue weighted by Gasteiger charge is -2.23. The van der Waals surface area contributed by atoms with E-state index in [0.717, 1.165) is 31.5 Å². The summed E-state index contributed by atoms with van der Waals surface area (Å²) in [5, 5.41) is 11.4. The fourth-order valence-electron chi connectivity index (χ4n) is 3.00. The van der Waals surface area contributed by atoms with Gasteiger partial charge in [0.2, 0.25) is 0 Å². The van der Waals surface area contributed by atoms with Gasteiger partial charge in [-0.25, -0.2) is 0 Å². The number of halogens is 3. The molecular weight excluding hydrogens is 353 g/mol. The first-order chi connectivity index (χ1) is 10.9. The van der Waals surface area contributed by atoms with Crippen molar-refractivity contribution in [2.45, 2.75) is 38.9 Å². The molecule has 5 heteroatoms. The number of phenols is 1. The Morgan fingerprint density at radius 1 is 1.00 bits per heavy atom. The Balaban J connectivity index is 1.61. The zero-order chi connectivity index (χ0) is 16.6. The highest BCUT2D eigenvalue weighted by atomic mass is 35.5. The molecule has 0 spiro atoms. The minimum absolute atomic E-state index is 0.163. The maximum Gasteiger partial charge on any atom is 0.134 e. The van der Waals surface area contributed by atoms with Crippen LogP contribution >= 0.6 is 34.8 Å². The summed E-state index contributed by atoms with van der Waals surface area (Å²) in [5.41, 5.74) is 3.56. The lowest BCUT2D eigenvalue weighted by Crippen LogP contribution is -2.28. The van der Waals surface area contributed by atoms with Crippen LogP contribution < -0.4 is 0 Å². The number of rotatable bonds is 4. The third kappa shape index (κ3) is 3.77. The Morgan fingerprint density at radius 2 is 1.70 bits per heavy atom. The topological polar surface area (TPSA) is 23.5 Å². The quantitative estimate of drug-likeness (QED) is 0.747. The first kappa shape index (κ1) is 16.9. The van der Waals surface area contributed by atoms with Gasteiger partial charge in [0.25, 0.3) is 0 Å². The normalized spacial score (nSPS) is 15.7. The fourth-order valence-corrected chi connectivity index (χ4v) is 3.51. The highest BCUT2D eigenvalue weighted by molar-refractivity contribution is 6.42. The maximum atomic E-state index is 9.73. The summed E-state index contributed by atoms with van der Waals surface area (Å²) in [4.78, 5) is 2.40. The van der Waals surface area contributed by atoms with Crippen molar-refractivity contribution in [2.75, 3.05) is 0 Å². The van der Waals surface area contributed by atoms with Crippen molar-refractivity contribution in [3.8, 4) is 5.75 Å². The molecule has 1 aliphatic heterocycles. The molecule has 1 N–H and O–H groups in total. The maximum absolute atomic E-state index is 9.73. The molecule has 0 fully saturated rings. The Morgan fingerprint density at radius 3 is 2.39 bits per heavy atom. The van der Waals surface area contributed by atoms with Gasteiger partial charge < -0.3 is 5.11 Å². The molecular formula is C18H18Cl3NO. The Hall–Kier alpha value is -0.930. The number of benzene rings is 2. The van der Waals surface area contributed by atoms with Gasteiger partial charge in [-0.05, 0) is 60.7 Å². The summed E-state index contributed by atoms with van der Waals surface area (Å²) in [7, 11) is 0. The Kier molecular flexibility index (Phi) is 5.07. The molecule has 1 heterocycles. The van der Waals surface area contributed by atoms with Gasteiger partial charge in [0.05, 0.1) is 15.1 Å². The van der Waals surface area contributed by atoms with Crippen LogP contribution in [0.3, 0.4) is 0 Å². The van der Waals surface area contributed by atoms with Gasteiger partial charge in [-0.1, -0.05) is 40.9 Å². The van der Waals surface area contributed by atoms with Crippen molar-refractivity contribution >= 4 is 34.8 Å². The van der Waals surface area contributed by atoms with Crippen molar-refractivity contribution in [3.05, 3.63) is 62.1 Å². The molecule has 0 saturated carbocycles. The molecule has 2 aromatic rings. The summed E-state index contributed by atoms with van der Waals surface area (Å²) >= 11 is 18.0. The fraction of sp³-hybridized carbons (Fsp3) is 0.333. The number of aromatic hydroxyl groups is 1. The highest BCUT2D eigenvalue weighted by Gasteiger charge is 2.24. The SMILES string of the molecule is C[C@H](CCc1ccc(Cl)c(Cl)c1)N1Cc2cc(O)c(Cl)cc2C1. The Labute approximate surface area is 151 Å². The van der Waals surface area contributed by atoms with Crippen LogP contribution in [0.2, 0.25) is 15.1 Å². The number of fused-ring (bicyclic) bond motifs is 1. The van der Waals surface area contributed by atoms with Crippen LogP contribution in [0.1, 0.15) is 30.0 Å². The molecule has 1 atom stereocenters. The number of aryl methyl sites for hydroxylation is 1. The second-order valence-electron chi connectivity index (χ2n) is 6.11. The smallest absolute Gasteiger partial charge is 0.134 e. The molecule has 0 radical (unpaired) electrons. The van der Waals surface area contributed by atoms with Crippen LogP contribution in [-0.4, -0.2) is 16.0 Å². The van der Waals surface area contributed by atoms with Crippen molar-refractivity contribution in [2.24, 2.45) is 0 Å². The Bertz CT molecular complexity index is 701. The second kappa shape index (κ2) is 6.90. The van der Waals surface area contributed by atoms with E-state index in [2.05, 4.69) is 11.8 Å². The third-order valence-electron chi connectivity index (χ3n) is 4.47. The lowest BCUT2D eigenvalue weighted by molar-refractivity contribution is 0.203. The van der Waals surface area contributed by atoms with Crippen molar-refractivity contribution < 1.29 is 5.11 Å². The van der Waals surface area contributed by atoms with Gasteiger partial charge in [-0.3, -0.25) is 4.90 Å². The van der Waals surface area contributed by atoms with E-state index in [-0.39, 0.29) is 5.75 Å². The average molecular weight is 371 g/mol. The van der Waals surface area contributed by atoms with Gasteiger partial charge in [0, 0.05) is 19.1 Å². The molecule has 0 unspecified atom stereocenters. The number of hydrogen-bond donors (Lipinski definition) is 1. The van der Waals surface area contributed by atoms with E-state index in [9.17, 15) is 5.11 Å². The van der Waals surface area contributed by atoms with Gasteiger partial charge >= 0.3 is 0 Å². The van der Waals surface area contributed by atoms with Crippen molar-refractivity contribution in [1.29, 1.82) is 0 Å². The number of nitrogens with zero attached hydrogens (tertiary/aromatic N) is 1. The summed E-state index contributed by atoms with van der Waals surface area (Å²) in [6.45, 7) is 3.95. The predicted molar refractivity (Wildman–Crippen MR) is 96.6 cm³/mol. The van der Waals surface area contributed by atoms with Crippen LogP contribution in [0.4, 0.5) is 0 Å². The van der Waals surface area contributed by atoms with E-state index in [1.807, 2.05) is 24.3 Å². The van der Waals surface area contributed by atoms with Crippen LogP contribution in [-0.2, 0) is 19.5 Å². The van der Waals surface area contributed by atoms with Gasteiger partial charge in [0.1, 0.15) is 5.75 Å². The summed E-state index contributed by atoms with van der Waals surface area (Å²) in [5.74, 6) is 0.163. The first-order valence-electron chi connectivity index (χ1n) is 7.62. The van der Waals surface area contributed by atoms with Crippen LogP contribution in [0, 0.1) is 0 Å². The minimum Gasteiger partial charge on any atom is -0.506 e. The van der Waals surface area contributed by atoms with Gasteiger partial charge in [-0.2, -0.15) is 0 Å². The predicted octanol–water partition coefficient (Wildman–Crippen LogP) is 5.69. The number of hydrogen-bond acceptors (Lipinski definition) is 2. The summed E-state index contributed by atoms with van der Waals surface area (Å²) in [6, 6.07) is 9.89. The van der Waals surface area contributed by atoms with E-state index >= 15 is 0 Å². The standard InChI is InChI=1S/C18H18Cl3NO/c1-11(2-3-12-4-5-15(19)16(20)6-12)22-9-13-7-17(21)18(23)8-14(13)10-22/h4-8,11,23H,2-3,9-10H2,1H3/t11-/m1/s1. The second-order valence-corrected chi connectivity index (χ2v) is 7.34. The van der Waals surface area contributed by atoms with E-state index in [0.29, 0.717) is 21.1 Å². The molecule has 2 nitrogen and oxygen atoms in total. The van der Waals surface area contributed by atoms with E-state index in [1.165, 1.54) is 11.1 Å². The highest BCUT2D eigenvalue weighted by Crippen LogP contribution is 2.33. The summed E-state index contributed by atoms with van der Waals surface area (Å²) < 4.78 is 0. The molecule has 0 bridgehead atoms. The van der Waals surface area contributed by atoms with Crippen molar-refractivity contribution in [3.63, 3.8) is 0 Å².